The number of hydrogen-bond acceptors (Lipinski definition) is 2. The lowest BCUT2D eigenvalue weighted by atomic mass is 10.0. The molecule has 0 atom stereocenters. The molecule has 0 bridgehead atoms. The highest BCUT2D eigenvalue weighted by molar-refractivity contribution is 6.32. The number of carbonyl (C=O) groups is 1. The first-order valence-corrected chi connectivity index (χ1v) is 6.84. The molecule has 0 aromatic heterocycles. The van der Waals surface area contributed by atoms with Gasteiger partial charge in [0.2, 0.25) is 0 Å². The Morgan fingerprint density at radius 1 is 1.05 bits per heavy atom. The van der Waals surface area contributed by atoms with Gasteiger partial charge in [0.1, 0.15) is 5.75 Å². The number of aryl methyl sites for hydroxylation is 3. The minimum atomic E-state index is -0.0390. The molecule has 3 heteroatoms. The van der Waals surface area contributed by atoms with Crippen molar-refractivity contribution < 1.29 is 9.53 Å². The Kier molecular flexibility index (Phi) is 4.46. The van der Waals surface area contributed by atoms with Gasteiger partial charge in [0.25, 0.3) is 0 Å². The average Bonchev–Trinajstić information content (AvgIpc) is 2.40. The van der Waals surface area contributed by atoms with Crippen molar-refractivity contribution in [3.05, 3.63) is 63.7 Å². The third kappa shape index (κ3) is 3.40. The first-order valence-electron chi connectivity index (χ1n) is 6.47. The minimum Gasteiger partial charge on any atom is -0.484 e. The van der Waals surface area contributed by atoms with Crippen LogP contribution in [0.5, 0.6) is 5.75 Å². The zero-order valence-electron chi connectivity index (χ0n) is 11.9. The number of benzene rings is 2. The molecule has 0 radical (unpaired) electrons. The fourth-order valence-electron chi connectivity index (χ4n) is 1.98. The third-order valence-electron chi connectivity index (χ3n) is 3.14. The van der Waals surface area contributed by atoms with Gasteiger partial charge in [0.15, 0.2) is 12.4 Å². The first kappa shape index (κ1) is 14.6. The lowest BCUT2D eigenvalue weighted by Crippen LogP contribution is -2.13. The third-order valence-corrected chi connectivity index (χ3v) is 3.43. The predicted octanol–water partition coefficient (Wildman–Crippen LogP) is 4.53. The van der Waals surface area contributed by atoms with Crippen LogP contribution in [0.1, 0.15) is 27.0 Å². The van der Waals surface area contributed by atoms with Crippen LogP contribution in [-0.2, 0) is 0 Å². The summed E-state index contributed by atoms with van der Waals surface area (Å²) in [5, 5.41) is 0.527. The van der Waals surface area contributed by atoms with Gasteiger partial charge < -0.3 is 4.74 Å². The number of rotatable bonds is 4. The van der Waals surface area contributed by atoms with Crippen molar-refractivity contribution in [1.82, 2.24) is 0 Å². The molecule has 0 amide bonds. The molecule has 0 aliphatic rings. The molecular formula is C17H17ClO2. The SMILES string of the molecule is Cc1ccc(OCC(=O)c2cc(C)ccc2C)c(Cl)c1. The van der Waals surface area contributed by atoms with Gasteiger partial charge in [-0.1, -0.05) is 35.4 Å². The zero-order valence-corrected chi connectivity index (χ0v) is 12.6. The molecule has 0 aliphatic heterocycles. The second-order valence-electron chi connectivity index (χ2n) is 4.96. The van der Waals surface area contributed by atoms with Crippen LogP contribution in [0.2, 0.25) is 5.02 Å². The highest BCUT2D eigenvalue weighted by Gasteiger charge is 2.11. The Labute approximate surface area is 124 Å². The average molecular weight is 289 g/mol. The van der Waals surface area contributed by atoms with Crippen molar-refractivity contribution in [3.8, 4) is 5.75 Å². The van der Waals surface area contributed by atoms with E-state index in [9.17, 15) is 4.79 Å². The number of hydrogen-bond donors (Lipinski definition) is 0. The fraction of sp³-hybridized carbons (Fsp3) is 0.235. The van der Waals surface area contributed by atoms with Crippen LogP contribution in [0.15, 0.2) is 36.4 Å². The maximum Gasteiger partial charge on any atom is 0.200 e. The standard InChI is InChI=1S/C17H17ClO2/c1-11-4-6-13(3)14(8-11)16(19)10-20-17-7-5-12(2)9-15(17)18/h4-9H,10H2,1-3H3. The smallest absolute Gasteiger partial charge is 0.200 e. The lowest BCUT2D eigenvalue weighted by molar-refractivity contribution is 0.0921. The molecule has 2 aromatic carbocycles. The maximum absolute atomic E-state index is 12.2. The quantitative estimate of drug-likeness (QED) is 0.773. The van der Waals surface area contributed by atoms with Crippen LogP contribution in [-0.4, -0.2) is 12.4 Å². The highest BCUT2D eigenvalue weighted by atomic mass is 35.5. The molecular weight excluding hydrogens is 272 g/mol. The van der Waals surface area contributed by atoms with Gasteiger partial charge >= 0.3 is 0 Å². The molecule has 0 aliphatic carbocycles. The van der Waals surface area contributed by atoms with E-state index in [0.29, 0.717) is 16.3 Å². The molecule has 2 aromatic rings. The normalized spacial score (nSPS) is 10.4. The van der Waals surface area contributed by atoms with E-state index in [-0.39, 0.29) is 12.4 Å². The Morgan fingerprint density at radius 2 is 1.70 bits per heavy atom. The van der Waals surface area contributed by atoms with Gasteiger partial charge in [0.05, 0.1) is 5.02 Å². The minimum absolute atomic E-state index is 0.00687. The summed E-state index contributed by atoms with van der Waals surface area (Å²) in [6, 6.07) is 11.3. The molecule has 0 unspecified atom stereocenters. The predicted molar refractivity (Wildman–Crippen MR) is 81.9 cm³/mol. The van der Waals surface area contributed by atoms with Gasteiger partial charge in [-0.15, -0.1) is 0 Å². The lowest BCUT2D eigenvalue weighted by Gasteiger charge is -2.10. The van der Waals surface area contributed by atoms with E-state index in [1.165, 1.54) is 0 Å². The van der Waals surface area contributed by atoms with E-state index in [4.69, 9.17) is 16.3 Å². The molecule has 2 nitrogen and oxygen atoms in total. The topological polar surface area (TPSA) is 26.3 Å². The fourth-order valence-corrected chi connectivity index (χ4v) is 2.27. The van der Waals surface area contributed by atoms with Gasteiger partial charge in [-0.25, -0.2) is 0 Å². The second-order valence-corrected chi connectivity index (χ2v) is 5.37. The summed E-state index contributed by atoms with van der Waals surface area (Å²) in [6.45, 7) is 5.84. The maximum atomic E-state index is 12.2. The number of carbonyl (C=O) groups excluding carboxylic acids is 1. The zero-order chi connectivity index (χ0) is 14.7. The van der Waals surface area contributed by atoms with Crippen molar-refractivity contribution >= 4 is 17.4 Å². The molecule has 0 saturated carbocycles. The van der Waals surface area contributed by atoms with Crippen molar-refractivity contribution in [2.45, 2.75) is 20.8 Å². The van der Waals surface area contributed by atoms with Crippen molar-refractivity contribution in [2.24, 2.45) is 0 Å². The van der Waals surface area contributed by atoms with Gasteiger partial charge in [-0.3, -0.25) is 4.79 Å². The van der Waals surface area contributed by atoms with E-state index in [1.54, 1.807) is 6.07 Å². The van der Waals surface area contributed by atoms with Gasteiger partial charge in [-0.05, 0) is 50.1 Å². The Balaban J connectivity index is 2.10. The summed E-state index contributed by atoms with van der Waals surface area (Å²) in [4.78, 5) is 12.2. The summed E-state index contributed by atoms with van der Waals surface area (Å²) in [6.07, 6.45) is 0. The monoisotopic (exact) mass is 288 g/mol. The van der Waals surface area contributed by atoms with E-state index < -0.39 is 0 Å². The van der Waals surface area contributed by atoms with Crippen molar-refractivity contribution in [1.29, 1.82) is 0 Å². The molecule has 0 N–H and O–H groups in total. The Bertz CT molecular complexity index is 647. The van der Waals surface area contributed by atoms with E-state index in [0.717, 1.165) is 16.7 Å². The molecule has 20 heavy (non-hydrogen) atoms. The highest BCUT2D eigenvalue weighted by Crippen LogP contribution is 2.25. The van der Waals surface area contributed by atoms with Crippen LogP contribution in [0.25, 0.3) is 0 Å². The van der Waals surface area contributed by atoms with E-state index in [2.05, 4.69) is 0 Å². The summed E-state index contributed by atoms with van der Waals surface area (Å²) in [5.41, 5.74) is 3.78. The van der Waals surface area contributed by atoms with Crippen LogP contribution >= 0.6 is 11.6 Å². The number of ketones is 1. The largest absolute Gasteiger partial charge is 0.484 e. The van der Waals surface area contributed by atoms with E-state index >= 15 is 0 Å². The summed E-state index contributed by atoms with van der Waals surface area (Å²) >= 11 is 6.08. The van der Waals surface area contributed by atoms with Gasteiger partial charge in [0, 0.05) is 5.56 Å². The van der Waals surface area contributed by atoms with Crippen molar-refractivity contribution in [3.63, 3.8) is 0 Å². The van der Waals surface area contributed by atoms with Crippen LogP contribution in [0.4, 0.5) is 0 Å². The van der Waals surface area contributed by atoms with E-state index in [1.807, 2.05) is 51.1 Å². The molecule has 104 valence electrons. The summed E-state index contributed by atoms with van der Waals surface area (Å²) in [7, 11) is 0. The van der Waals surface area contributed by atoms with Crippen molar-refractivity contribution in [2.75, 3.05) is 6.61 Å². The number of Topliss-reactive ketones (excluding diaryl/α,β-unsaturated/α-hetero) is 1. The second kappa shape index (κ2) is 6.10. The van der Waals surface area contributed by atoms with Crippen LogP contribution in [0, 0.1) is 20.8 Å². The molecule has 2 rings (SSSR count). The Hall–Kier alpha value is -1.80. The number of ether oxygens (including phenoxy) is 1. The molecule has 0 saturated heterocycles. The van der Waals surface area contributed by atoms with Crippen LogP contribution in [0.3, 0.4) is 0 Å². The molecule has 0 fully saturated rings. The summed E-state index contributed by atoms with van der Waals surface area (Å²) < 4.78 is 5.52. The Morgan fingerprint density at radius 3 is 2.40 bits per heavy atom. The summed E-state index contributed by atoms with van der Waals surface area (Å²) in [5.74, 6) is 0.499. The van der Waals surface area contributed by atoms with Crippen LogP contribution < -0.4 is 4.74 Å². The number of halogens is 1. The first-order chi connectivity index (χ1) is 9.47. The van der Waals surface area contributed by atoms with Gasteiger partial charge in [-0.2, -0.15) is 0 Å². The molecule has 0 spiro atoms. The molecule has 0 heterocycles.